The summed E-state index contributed by atoms with van der Waals surface area (Å²) >= 11 is 1.67. The Morgan fingerprint density at radius 1 is 1.38 bits per heavy atom. The third-order valence-electron chi connectivity index (χ3n) is 2.23. The number of methoxy groups -OCH3 is 1. The van der Waals surface area contributed by atoms with Crippen LogP contribution < -0.4 is 10.1 Å². The monoisotopic (exact) mass is 234 g/mol. The molecule has 1 N–H and O–H groups in total. The van der Waals surface area contributed by atoms with Gasteiger partial charge in [-0.2, -0.15) is 0 Å². The minimum absolute atomic E-state index is 0.727. The number of para-hydroxylation sites is 2. The van der Waals surface area contributed by atoms with Crippen molar-refractivity contribution in [2.45, 2.75) is 13.5 Å². The van der Waals surface area contributed by atoms with Gasteiger partial charge < -0.3 is 10.1 Å². The van der Waals surface area contributed by atoms with Gasteiger partial charge in [0.25, 0.3) is 0 Å². The summed E-state index contributed by atoms with van der Waals surface area (Å²) in [4.78, 5) is 4.40. The summed E-state index contributed by atoms with van der Waals surface area (Å²) in [6.45, 7) is 2.74. The summed E-state index contributed by atoms with van der Waals surface area (Å²) in [5.41, 5.74) is 2.06. The third kappa shape index (κ3) is 2.52. The lowest BCUT2D eigenvalue weighted by atomic mass is 10.3. The van der Waals surface area contributed by atoms with E-state index in [1.54, 1.807) is 18.4 Å². The molecule has 0 aliphatic carbocycles. The van der Waals surface area contributed by atoms with E-state index in [0.29, 0.717) is 0 Å². The van der Waals surface area contributed by atoms with E-state index in [1.165, 1.54) is 0 Å². The molecule has 0 saturated carbocycles. The first-order valence-electron chi connectivity index (χ1n) is 5.07. The maximum atomic E-state index is 5.26. The van der Waals surface area contributed by atoms with Crippen molar-refractivity contribution in [2.75, 3.05) is 12.4 Å². The Hall–Kier alpha value is -1.55. The molecule has 1 aromatic carbocycles. The maximum Gasteiger partial charge on any atom is 0.141 e. The number of aromatic nitrogens is 1. The number of hydrogen-bond donors (Lipinski definition) is 1. The maximum absolute atomic E-state index is 5.26. The molecule has 2 rings (SSSR count). The molecular formula is C12H14N2OS. The highest BCUT2D eigenvalue weighted by Gasteiger charge is 2.02. The summed E-state index contributed by atoms with van der Waals surface area (Å²) in [5, 5.41) is 6.47. The van der Waals surface area contributed by atoms with E-state index in [9.17, 15) is 0 Å². The molecule has 0 fully saturated rings. The molecule has 2 aromatic rings. The van der Waals surface area contributed by atoms with Crippen molar-refractivity contribution >= 4 is 17.0 Å². The molecule has 0 saturated heterocycles. The summed E-state index contributed by atoms with van der Waals surface area (Å²) in [6.07, 6.45) is 0. The normalized spacial score (nSPS) is 10.1. The van der Waals surface area contributed by atoms with Crippen LogP contribution in [0.2, 0.25) is 0 Å². The van der Waals surface area contributed by atoms with E-state index in [2.05, 4.69) is 15.7 Å². The summed E-state index contributed by atoms with van der Waals surface area (Å²) in [6, 6.07) is 7.88. The molecule has 4 heteroatoms. The first-order chi connectivity index (χ1) is 7.79. The van der Waals surface area contributed by atoms with Crippen LogP contribution >= 0.6 is 11.3 Å². The van der Waals surface area contributed by atoms with E-state index in [-0.39, 0.29) is 0 Å². The topological polar surface area (TPSA) is 34.1 Å². The largest absolute Gasteiger partial charge is 0.495 e. The third-order valence-corrected chi connectivity index (χ3v) is 3.06. The molecule has 0 aliphatic heterocycles. The molecule has 0 amide bonds. The van der Waals surface area contributed by atoms with Gasteiger partial charge in [-0.3, -0.25) is 0 Å². The summed E-state index contributed by atoms with van der Waals surface area (Å²) in [7, 11) is 1.67. The summed E-state index contributed by atoms with van der Waals surface area (Å²) in [5.74, 6) is 0.856. The molecular weight excluding hydrogens is 220 g/mol. The van der Waals surface area contributed by atoms with E-state index in [1.807, 2.05) is 31.2 Å². The smallest absolute Gasteiger partial charge is 0.141 e. The second-order valence-corrected chi connectivity index (χ2v) is 4.47. The molecule has 16 heavy (non-hydrogen) atoms. The van der Waals surface area contributed by atoms with E-state index in [4.69, 9.17) is 4.74 Å². The van der Waals surface area contributed by atoms with Crippen LogP contribution in [0.5, 0.6) is 5.75 Å². The fourth-order valence-corrected chi connectivity index (χ4v) is 2.08. The van der Waals surface area contributed by atoms with Crippen molar-refractivity contribution in [3.05, 3.63) is 40.3 Å². The molecule has 0 spiro atoms. The second kappa shape index (κ2) is 4.99. The highest BCUT2D eigenvalue weighted by Crippen LogP contribution is 2.23. The van der Waals surface area contributed by atoms with Crippen molar-refractivity contribution in [2.24, 2.45) is 0 Å². The lowest BCUT2D eigenvalue weighted by molar-refractivity contribution is 0.416. The zero-order valence-corrected chi connectivity index (χ0v) is 10.2. The standard InChI is InChI=1S/C12H14N2OS/c1-9-14-10(8-16-9)7-13-11-5-3-4-6-12(11)15-2/h3-6,8,13H,7H2,1-2H3. The number of aryl methyl sites for hydroxylation is 1. The number of nitrogens with zero attached hydrogens (tertiary/aromatic N) is 1. The SMILES string of the molecule is COc1ccccc1NCc1csc(C)n1. The lowest BCUT2D eigenvalue weighted by Gasteiger charge is -2.09. The van der Waals surface area contributed by atoms with Crippen LogP contribution in [0.15, 0.2) is 29.6 Å². The molecule has 3 nitrogen and oxygen atoms in total. The van der Waals surface area contributed by atoms with Crippen LogP contribution in [-0.4, -0.2) is 12.1 Å². The number of rotatable bonds is 4. The Balaban J connectivity index is 2.04. The Kier molecular flexibility index (Phi) is 3.41. The highest BCUT2D eigenvalue weighted by molar-refractivity contribution is 7.09. The van der Waals surface area contributed by atoms with Crippen LogP contribution in [0.4, 0.5) is 5.69 Å². The predicted molar refractivity (Wildman–Crippen MR) is 67.2 cm³/mol. The minimum Gasteiger partial charge on any atom is -0.495 e. The minimum atomic E-state index is 0.727. The number of ether oxygens (including phenoxy) is 1. The quantitative estimate of drug-likeness (QED) is 0.882. The molecule has 0 atom stereocenters. The van der Waals surface area contributed by atoms with Crippen LogP contribution in [0.25, 0.3) is 0 Å². The number of thiazole rings is 1. The lowest BCUT2D eigenvalue weighted by Crippen LogP contribution is -2.01. The predicted octanol–water partition coefficient (Wildman–Crippen LogP) is 3.07. The van der Waals surface area contributed by atoms with Gasteiger partial charge in [0.05, 0.1) is 30.0 Å². The molecule has 0 bridgehead atoms. The molecule has 0 aliphatic rings. The summed E-state index contributed by atoms with van der Waals surface area (Å²) < 4.78 is 5.26. The molecule has 1 heterocycles. The van der Waals surface area contributed by atoms with Crippen LogP contribution in [0.1, 0.15) is 10.7 Å². The van der Waals surface area contributed by atoms with Crippen molar-refractivity contribution in [1.82, 2.24) is 4.98 Å². The van der Waals surface area contributed by atoms with Gasteiger partial charge in [-0.05, 0) is 19.1 Å². The second-order valence-electron chi connectivity index (χ2n) is 3.41. The molecule has 1 aromatic heterocycles. The average molecular weight is 234 g/mol. The van der Waals surface area contributed by atoms with Gasteiger partial charge in [-0.15, -0.1) is 11.3 Å². The van der Waals surface area contributed by atoms with Gasteiger partial charge in [0.15, 0.2) is 0 Å². The number of hydrogen-bond acceptors (Lipinski definition) is 4. The van der Waals surface area contributed by atoms with Crippen molar-refractivity contribution in [3.63, 3.8) is 0 Å². The number of benzene rings is 1. The van der Waals surface area contributed by atoms with Gasteiger partial charge in [0.2, 0.25) is 0 Å². The highest BCUT2D eigenvalue weighted by atomic mass is 32.1. The first kappa shape index (κ1) is 11.0. The number of nitrogens with one attached hydrogen (secondary N) is 1. The van der Waals surface area contributed by atoms with Crippen LogP contribution in [-0.2, 0) is 6.54 Å². The van der Waals surface area contributed by atoms with Gasteiger partial charge in [0.1, 0.15) is 5.75 Å². The molecule has 0 unspecified atom stereocenters. The molecule has 0 radical (unpaired) electrons. The Bertz CT molecular complexity index is 468. The number of anilines is 1. The van der Waals surface area contributed by atoms with E-state index >= 15 is 0 Å². The van der Waals surface area contributed by atoms with Crippen LogP contribution in [0.3, 0.4) is 0 Å². The fraction of sp³-hybridized carbons (Fsp3) is 0.250. The van der Waals surface area contributed by atoms with Gasteiger partial charge >= 0.3 is 0 Å². The van der Waals surface area contributed by atoms with Gasteiger partial charge in [-0.25, -0.2) is 4.98 Å². The van der Waals surface area contributed by atoms with Gasteiger partial charge in [-0.1, -0.05) is 12.1 Å². The first-order valence-corrected chi connectivity index (χ1v) is 5.95. The van der Waals surface area contributed by atoms with E-state index in [0.717, 1.165) is 28.7 Å². The van der Waals surface area contributed by atoms with Crippen molar-refractivity contribution in [3.8, 4) is 5.75 Å². The van der Waals surface area contributed by atoms with Crippen LogP contribution in [0, 0.1) is 6.92 Å². The van der Waals surface area contributed by atoms with Gasteiger partial charge in [0, 0.05) is 5.38 Å². The Labute approximate surface area is 99.1 Å². The average Bonchev–Trinajstić information content (AvgIpc) is 2.73. The van der Waals surface area contributed by atoms with Crippen molar-refractivity contribution < 1.29 is 4.74 Å². The zero-order valence-electron chi connectivity index (χ0n) is 9.36. The van der Waals surface area contributed by atoms with E-state index < -0.39 is 0 Å². The molecule has 84 valence electrons. The van der Waals surface area contributed by atoms with Crippen molar-refractivity contribution in [1.29, 1.82) is 0 Å². The zero-order chi connectivity index (χ0) is 11.4. The Morgan fingerprint density at radius 2 is 2.19 bits per heavy atom. The fourth-order valence-electron chi connectivity index (χ4n) is 1.47. The Morgan fingerprint density at radius 3 is 2.88 bits per heavy atom.